The van der Waals surface area contributed by atoms with Crippen LogP contribution in [-0.4, -0.2) is 189 Å². The molecule has 0 aromatic heterocycles. The summed E-state index contributed by atoms with van der Waals surface area (Å²) in [6.45, 7) is 0. The van der Waals surface area contributed by atoms with Gasteiger partial charge in [-0.15, -0.1) is 0 Å². The van der Waals surface area contributed by atoms with Gasteiger partial charge in [-0.3, -0.25) is 0 Å². The first-order valence-electron chi connectivity index (χ1n) is 9.13. The lowest BCUT2D eigenvalue weighted by Crippen LogP contribution is -2.39. The molecule has 0 aliphatic rings. The lowest BCUT2D eigenvalue weighted by molar-refractivity contribution is -0.165. The van der Waals surface area contributed by atoms with Gasteiger partial charge in [0.2, 0.25) is 0 Å². The standard InChI is InChI=1S/4C4H6O6.H4Si/c4*5-1(3(7)8)2(6)4(9)10;/h4*1-2,5-6H,(H,7,8)(H,9,10);1H4. The molecule has 0 aliphatic heterocycles. The first kappa shape index (κ1) is 46.5. The summed E-state index contributed by atoms with van der Waals surface area (Å²) in [5.74, 6) is -14.1. The maximum atomic E-state index is 9.77. The Morgan fingerprint density at radius 3 is 0.317 bits per heavy atom. The highest BCUT2D eigenvalue weighted by atomic mass is 28.1. The second-order valence-electron chi connectivity index (χ2n) is 6.26. The molecule has 16 N–H and O–H groups in total. The van der Waals surface area contributed by atoms with E-state index >= 15 is 0 Å². The van der Waals surface area contributed by atoms with Crippen LogP contribution in [0.3, 0.4) is 0 Å². The van der Waals surface area contributed by atoms with E-state index in [0.717, 1.165) is 0 Å². The summed E-state index contributed by atoms with van der Waals surface area (Å²) in [6.07, 6.45) is -18.1. The molecule has 0 amide bonds. The third-order valence-electron chi connectivity index (χ3n) is 3.22. The SMILES string of the molecule is O=C(O)C(O)C(O)C(=O)O.O=C(O)C(O)C(O)C(=O)O.O=C(O)C(O)C(O)C(=O)O.O=C(O)C(O)C(O)C(=O)O.[SiH4]. The van der Waals surface area contributed by atoms with E-state index in [4.69, 9.17) is 81.7 Å². The number of carbonyl (C=O) groups is 8. The van der Waals surface area contributed by atoms with Crippen LogP contribution >= 0.6 is 0 Å². The Morgan fingerprint density at radius 2 is 0.293 bits per heavy atom. The van der Waals surface area contributed by atoms with Crippen LogP contribution in [0.15, 0.2) is 0 Å². The molecule has 25 heteroatoms. The van der Waals surface area contributed by atoms with E-state index in [9.17, 15) is 38.4 Å². The van der Waals surface area contributed by atoms with E-state index in [1.807, 2.05) is 0 Å². The zero-order valence-corrected chi connectivity index (χ0v) is 19.0. The van der Waals surface area contributed by atoms with Crippen LogP contribution < -0.4 is 0 Å². The van der Waals surface area contributed by atoms with Crippen LogP contribution in [0.5, 0.6) is 0 Å². The van der Waals surface area contributed by atoms with E-state index in [0.29, 0.717) is 0 Å². The molecule has 0 bridgehead atoms. The van der Waals surface area contributed by atoms with Crippen molar-refractivity contribution in [3.63, 3.8) is 0 Å². The summed E-state index contributed by atoms with van der Waals surface area (Å²) in [6, 6.07) is 0. The number of hydrogen-bond acceptors (Lipinski definition) is 16. The fourth-order valence-electron chi connectivity index (χ4n) is 1.08. The Morgan fingerprint density at radius 1 is 0.244 bits per heavy atom. The van der Waals surface area contributed by atoms with Gasteiger partial charge in [0.25, 0.3) is 0 Å². The molecule has 8 unspecified atom stereocenters. The average molecular weight is 632 g/mol. The van der Waals surface area contributed by atoms with E-state index in [-0.39, 0.29) is 11.0 Å². The molecule has 0 aliphatic carbocycles. The van der Waals surface area contributed by atoms with Crippen LogP contribution in [0, 0.1) is 0 Å². The van der Waals surface area contributed by atoms with E-state index in [1.54, 1.807) is 0 Å². The van der Waals surface area contributed by atoms with E-state index in [1.165, 1.54) is 0 Å². The lowest BCUT2D eigenvalue weighted by Gasteiger charge is -2.07. The van der Waals surface area contributed by atoms with Crippen molar-refractivity contribution in [2.45, 2.75) is 48.8 Å². The Bertz CT molecular complexity index is 686. The molecule has 240 valence electrons. The predicted octanol–water partition coefficient (Wildman–Crippen LogP) is -9.94. The average Bonchev–Trinajstić information content (AvgIpc) is 2.85. The first-order chi connectivity index (χ1) is 17.9. The molecule has 0 aromatic rings. The van der Waals surface area contributed by atoms with Crippen molar-refractivity contribution < 1.29 is 120 Å². The van der Waals surface area contributed by atoms with Gasteiger partial charge < -0.3 is 81.7 Å². The van der Waals surface area contributed by atoms with Gasteiger partial charge in [-0.25, -0.2) is 38.4 Å². The Balaban J connectivity index is -0.000000139. The van der Waals surface area contributed by atoms with Crippen molar-refractivity contribution in [2.75, 3.05) is 0 Å². The zero-order chi connectivity index (χ0) is 33.2. The minimum absolute atomic E-state index is 0. The fraction of sp³-hybridized carbons (Fsp3) is 0.500. The van der Waals surface area contributed by atoms with Crippen molar-refractivity contribution in [1.29, 1.82) is 0 Å². The second-order valence-corrected chi connectivity index (χ2v) is 6.26. The topological polar surface area (TPSA) is 460 Å². The number of hydrogen-bond donors (Lipinski definition) is 16. The van der Waals surface area contributed by atoms with Crippen molar-refractivity contribution in [1.82, 2.24) is 0 Å². The van der Waals surface area contributed by atoms with Crippen molar-refractivity contribution in [2.24, 2.45) is 0 Å². The van der Waals surface area contributed by atoms with Crippen molar-refractivity contribution in [3.05, 3.63) is 0 Å². The molecule has 8 atom stereocenters. The molecule has 41 heavy (non-hydrogen) atoms. The van der Waals surface area contributed by atoms with Gasteiger partial charge in [0, 0.05) is 0 Å². The highest BCUT2D eigenvalue weighted by molar-refractivity contribution is 5.84. The third-order valence-corrected chi connectivity index (χ3v) is 3.22. The maximum Gasteiger partial charge on any atom is 0.335 e. The molecule has 0 saturated carbocycles. The Labute approximate surface area is 228 Å². The normalized spacial score (nSPS) is 15.4. The first-order valence-corrected chi connectivity index (χ1v) is 9.13. The van der Waals surface area contributed by atoms with Gasteiger partial charge in [-0.05, 0) is 11.0 Å². The molecule has 0 heterocycles. The van der Waals surface area contributed by atoms with Gasteiger partial charge in [-0.1, -0.05) is 0 Å². The van der Waals surface area contributed by atoms with Crippen LogP contribution in [-0.2, 0) is 38.4 Å². The van der Waals surface area contributed by atoms with Gasteiger partial charge in [0.15, 0.2) is 48.8 Å². The molecule has 0 radical (unpaired) electrons. The van der Waals surface area contributed by atoms with Crippen molar-refractivity contribution in [3.8, 4) is 0 Å². The van der Waals surface area contributed by atoms with Gasteiger partial charge in [0.05, 0.1) is 0 Å². The summed E-state index contributed by atoms with van der Waals surface area (Å²) >= 11 is 0. The quantitative estimate of drug-likeness (QED) is 0.0887. The van der Waals surface area contributed by atoms with E-state index in [2.05, 4.69) is 0 Å². The number of aliphatic hydroxyl groups excluding tert-OH is 8. The Hall–Kier alpha value is -4.34. The Kier molecular flexibility index (Phi) is 25.5. The minimum atomic E-state index is -2.27. The second kappa shape index (κ2) is 22.5. The lowest BCUT2D eigenvalue weighted by atomic mass is 10.2. The highest BCUT2D eigenvalue weighted by Crippen LogP contribution is 1.94. The zero-order valence-electron chi connectivity index (χ0n) is 19.0. The van der Waals surface area contributed by atoms with Gasteiger partial charge >= 0.3 is 47.8 Å². The predicted molar refractivity (Wildman–Crippen MR) is 120 cm³/mol. The number of rotatable bonds is 12. The molecular formula is C16H28O24Si. The molecule has 0 rings (SSSR count). The van der Waals surface area contributed by atoms with Crippen molar-refractivity contribution >= 4 is 58.7 Å². The molecule has 0 saturated heterocycles. The number of carboxylic acid groups (broad SMARTS) is 8. The summed E-state index contributed by atoms with van der Waals surface area (Å²) in [7, 11) is 0. The summed E-state index contributed by atoms with van der Waals surface area (Å²) in [4.78, 5) is 78.2. The number of aliphatic carboxylic acids is 8. The fourth-order valence-corrected chi connectivity index (χ4v) is 1.08. The van der Waals surface area contributed by atoms with E-state index < -0.39 is 96.6 Å². The summed E-state index contributed by atoms with van der Waals surface area (Å²) < 4.78 is 0. The van der Waals surface area contributed by atoms with Crippen LogP contribution in [0.1, 0.15) is 0 Å². The van der Waals surface area contributed by atoms with Crippen LogP contribution in [0.4, 0.5) is 0 Å². The largest absolute Gasteiger partial charge is 0.479 e. The summed E-state index contributed by atoms with van der Waals surface area (Å²) in [5, 5.41) is 130. The highest BCUT2D eigenvalue weighted by Gasteiger charge is 2.31. The molecule has 0 spiro atoms. The molecule has 0 fully saturated rings. The van der Waals surface area contributed by atoms with Gasteiger partial charge in [0.1, 0.15) is 0 Å². The third kappa shape index (κ3) is 21.2. The molecule has 24 nitrogen and oxygen atoms in total. The number of carboxylic acids is 8. The van der Waals surface area contributed by atoms with Gasteiger partial charge in [-0.2, -0.15) is 0 Å². The number of aliphatic hydroxyl groups is 8. The van der Waals surface area contributed by atoms with Crippen LogP contribution in [0.25, 0.3) is 0 Å². The molecular weight excluding hydrogens is 604 g/mol. The maximum absolute atomic E-state index is 9.77. The smallest absolute Gasteiger partial charge is 0.335 e. The van der Waals surface area contributed by atoms with Crippen LogP contribution in [0.2, 0.25) is 0 Å². The summed E-state index contributed by atoms with van der Waals surface area (Å²) in [5.41, 5.74) is 0. The monoisotopic (exact) mass is 632 g/mol. The molecule has 0 aromatic carbocycles. The minimum Gasteiger partial charge on any atom is -0.479 e.